The van der Waals surface area contributed by atoms with Crippen LogP contribution in [0.4, 0.5) is 5.69 Å². The Hall–Kier alpha value is -2.94. The molecule has 1 aliphatic rings. The van der Waals surface area contributed by atoms with Gasteiger partial charge in [-0.3, -0.25) is 14.9 Å². The first-order valence-electron chi connectivity index (χ1n) is 7.00. The largest absolute Gasteiger partial charge is 0.504 e. The van der Waals surface area contributed by atoms with Gasteiger partial charge in [0.15, 0.2) is 5.75 Å². The number of nitro groups is 1. The maximum atomic E-state index is 11.9. The number of rotatable bonds is 3. The van der Waals surface area contributed by atoms with Crippen molar-refractivity contribution in [1.29, 1.82) is 0 Å². The van der Waals surface area contributed by atoms with Gasteiger partial charge >= 0.3 is 5.69 Å². The minimum Gasteiger partial charge on any atom is -0.504 e. The third-order valence-corrected chi connectivity index (χ3v) is 4.68. The molecule has 1 atom stereocenters. The van der Waals surface area contributed by atoms with Crippen molar-refractivity contribution in [3.63, 3.8) is 0 Å². The van der Waals surface area contributed by atoms with Gasteiger partial charge in [0.25, 0.3) is 0 Å². The molecule has 0 saturated heterocycles. The molecule has 1 aliphatic heterocycles. The lowest BCUT2D eigenvalue weighted by molar-refractivity contribution is -0.386. The van der Waals surface area contributed by atoms with Crippen LogP contribution in [0.2, 0.25) is 0 Å². The Labute approximate surface area is 140 Å². The average Bonchev–Trinajstić information content (AvgIpc) is 3.17. The second-order valence-corrected chi connectivity index (χ2v) is 6.25. The Morgan fingerprint density at radius 3 is 2.79 bits per heavy atom. The number of phenolic OH excluding ortho intramolecular Hbond substituents is 2. The zero-order valence-electron chi connectivity index (χ0n) is 12.5. The second kappa shape index (κ2) is 5.93. The topological polar surface area (TPSA) is 116 Å². The maximum absolute atomic E-state index is 11.9. The fourth-order valence-corrected chi connectivity index (χ4v) is 3.40. The third-order valence-electron chi connectivity index (χ3n) is 3.70. The number of aromatic hydroxyl groups is 2. The first-order valence-corrected chi connectivity index (χ1v) is 7.88. The molecule has 1 unspecified atom stereocenters. The van der Waals surface area contributed by atoms with Crippen LogP contribution in [0.1, 0.15) is 29.8 Å². The highest BCUT2D eigenvalue weighted by atomic mass is 32.1. The molecule has 1 amide bonds. The smallest absolute Gasteiger partial charge is 0.315 e. The highest BCUT2D eigenvalue weighted by Crippen LogP contribution is 2.40. The Morgan fingerprint density at radius 2 is 2.21 bits per heavy atom. The molecule has 2 heterocycles. The molecule has 24 heavy (non-hydrogen) atoms. The Bertz CT molecular complexity index is 847. The van der Waals surface area contributed by atoms with Crippen molar-refractivity contribution < 1.29 is 19.9 Å². The summed E-state index contributed by atoms with van der Waals surface area (Å²) in [4.78, 5) is 23.0. The van der Waals surface area contributed by atoms with Crippen molar-refractivity contribution in [2.75, 3.05) is 0 Å². The van der Waals surface area contributed by atoms with E-state index in [9.17, 15) is 25.1 Å². The zero-order valence-corrected chi connectivity index (χ0v) is 13.4. The highest BCUT2D eigenvalue weighted by Gasteiger charge is 2.33. The quantitative estimate of drug-likeness (QED) is 0.503. The molecule has 0 fully saturated rings. The summed E-state index contributed by atoms with van der Waals surface area (Å²) >= 11 is 1.49. The number of amides is 1. The monoisotopic (exact) mass is 347 g/mol. The molecule has 124 valence electrons. The number of carbonyl (C=O) groups is 1. The summed E-state index contributed by atoms with van der Waals surface area (Å²) in [5, 5.41) is 37.8. The first kappa shape index (κ1) is 15.9. The van der Waals surface area contributed by atoms with Gasteiger partial charge in [0, 0.05) is 29.9 Å². The summed E-state index contributed by atoms with van der Waals surface area (Å²) in [7, 11) is 0. The van der Waals surface area contributed by atoms with Crippen molar-refractivity contribution in [2.24, 2.45) is 5.10 Å². The molecule has 3 rings (SSSR count). The van der Waals surface area contributed by atoms with Crippen molar-refractivity contribution in [3.05, 3.63) is 50.2 Å². The van der Waals surface area contributed by atoms with Crippen LogP contribution in [0.3, 0.4) is 0 Å². The number of carbonyl (C=O) groups excluding carboxylic acids is 1. The van der Waals surface area contributed by atoms with Gasteiger partial charge in [-0.25, -0.2) is 5.01 Å². The fourth-order valence-electron chi connectivity index (χ4n) is 2.59. The standard InChI is InChI=1S/C15H13N3O5S/c1-8(19)17-11(14-3-2-4-24-14)7-10(16-17)9-5-12(18(22)23)15(21)13(20)6-9/h2-6,11,20-21H,7H2,1H3. The predicted molar refractivity (Wildman–Crippen MR) is 87.2 cm³/mol. The van der Waals surface area contributed by atoms with E-state index in [1.165, 1.54) is 29.3 Å². The van der Waals surface area contributed by atoms with Gasteiger partial charge in [-0.15, -0.1) is 11.3 Å². The minimum atomic E-state index is -0.791. The van der Waals surface area contributed by atoms with Crippen LogP contribution in [0.5, 0.6) is 11.5 Å². The van der Waals surface area contributed by atoms with E-state index in [1.807, 2.05) is 17.5 Å². The molecule has 9 heteroatoms. The third kappa shape index (κ3) is 2.69. The lowest BCUT2D eigenvalue weighted by atomic mass is 10.0. The molecule has 1 aromatic heterocycles. The van der Waals surface area contributed by atoms with Crippen LogP contribution in [0.15, 0.2) is 34.7 Å². The van der Waals surface area contributed by atoms with Gasteiger partial charge in [0.1, 0.15) is 0 Å². The summed E-state index contributed by atoms with van der Waals surface area (Å²) in [6.07, 6.45) is 0.363. The van der Waals surface area contributed by atoms with E-state index >= 15 is 0 Å². The van der Waals surface area contributed by atoms with Gasteiger partial charge < -0.3 is 10.2 Å². The normalized spacial score (nSPS) is 17.0. The van der Waals surface area contributed by atoms with E-state index in [4.69, 9.17) is 0 Å². The van der Waals surface area contributed by atoms with Gasteiger partial charge in [0.05, 0.1) is 16.7 Å². The van der Waals surface area contributed by atoms with Gasteiger partial charge in [0.2, 0.25) is 11.7 Å². The summed E-state index contributed by atoms with van der Waals surface area (Å²) in [5.74, 6) is -1.64. The lowest BCUT2D eigenvalue weighted by Crippen LogP contribution is -2.23. The molecular formula is C15H13N3O5S. The number of hydrazone groups is 1. The zero-order chi connectivity index (χ0) is 17.4. The lowest BCUT2D eigenvalue weighted by Gasteiger charge is -2.18. The van der Waals surface area contributed by atoms with Crippen LogP contribution in [0.25, 0.3) is 0 Å². The molecule has 0 saturated carbocycles. The fraction of sp³-hybridized carbons (Fsp3) is 0.200. The SMILES string of the molecule is CC(=O)N1N=C(c2cc(O)c(O)c([N+](=O)[O-])c2)CC1c1cccs1. The molecule has 0 bridgehead atoms. The van der Waals surface area contributed by atoms with E-state index in [-0.39, 0.29) is 11.9 Å². The van der Waals surface area contributed by atoms with Gasteiger partial charge in [-0.1, -0.05) is 6.07 Å². The molecule has 2 aromatic rings. The van der Waals surface area contributed by atoms with E-state index in [0.29, 0.717) is 17.7 Å². The summed E-state index contributed by atoms with van der Waals surface area (Å²) in [5.41, 5.74) is 0.117. The van der Waals surface area contributed by atoms with Crippen LogP contribution in [-0.4, -0.2) is 31.8 Å². The van der Waals surface area contributed by atoms with Gasteiger partial charge in [-0.2, -0.15) is 5.10 Å². The predicted octanol–water partition coefficient (Wildman–Crippen LogP) is 2.77. The number of phenols is 2. The molecule has 1 aromatic carbocycles. The minimum absolute atomic E-state index is 0.249. The van der Waals surface area contributed by atoms with Crippen molar-refractivity contribution in [1.82, 2.24) is 5.01 Å². The van der Waals surface area contributed by atoms with E-state index in [1.54, 1.807) is 0 Å². The Kier molecular flexibility index (Phi) is 3.94. The average molecular weight is 347 g/mol. The van der Waals surface area contributed by atoms with Crippen LogP contribution >= 0.6 is 11.3 Å². The van der Waals surface area contributed by atoms with Crippen molar-refractivity contribution in [3.8, 4) is 11.5 Å². The number of nitro benzene ring substituents is 1. The molecule has 8 nitrogen and oxygen atoms in total. The van der Waals surface area contributed by atoms with Gasteiger partial charge in [-0.05, 0) is 17.5 Å². The molecule has 0 aliphatic carbocycles. The molecule has 0 radical (unpaired) electrons. The molecule has 0 spiro atoms. The van der Waals surface area contributed by atoms with Crippen LogP contribution < -0.4 is 0 Å². The Morgan fingerprint density at radius 1 is 1.46 bits per heavy atom. The second-order valence-electron chi connectivity index (χ2n) is 5.27. The molecule has 2 N–H and O–H groups in total. The Balaban J connectivity index is 2.03. The molecular weight excluding hydrogens is 334 g/mol. The van der Waals surface area contributed by atoms with Crippen LogP contribution in [0, 0.1) is 10.1 Å². The number of thiophene rings is 1. The van der Waals surface area contributed by atoms with E-state index < -0.39 is 22.1 Å². The summed E-state index contributed by atoms with van der Waals surface area (Å²) in [6, 6.07) is 5.82. The highest BCUT2D eigenvalue weighted by molar-refractivity contribution is 7.10. The van der Waals surface area contributed by atoms with Crippen molar-refractivity contribution in [2.45, 2.75) is 19.4 Å². The number of hydrogen-bond donors (Lipinski definition) is 2. The number of benzene rings is 1. The van der Waals surface area contributed by atoms with Crippen LogP contribution in [-0.2, 0) is 4.79 Å². The number of nitrogens with zero attached hydrogens (tertiary/aromatic N) is 3. The maximum Gasteiger partial charge on any atom is 0.315 e. The van der Waals surface area contributed by atoms with Crippen molar-refractivity contribution >= 4 is 28.6 Å². The number of hydrogen-bond acceptors (Lipinski definition) is 7. The summed E-state index contributed by atoms with van der Waals surface area (Å²) < 4.78 is 0. The van der Waals surface area contributed by atoms with E-state index in [0.717, 1.165) is 10.9 Å². The van der Waals surface area contributed by atoms with E-state index in [2.05, 4.69) is 5.10 Å². The summed E-state index contributed by atoms with van der Waals surface area (Å²) in [6.45, 7) is 1.39. The first-order chi connectivity index (χ1) is 11.4.